The van der Waals surface area contributed by atoms with Crippen molar-refractivity contribution >= 4 is 86.9 Å². The number of urea groups is 1. The van der Waals surface area contributed by atoms with Crippen molar-refractivity contribution < 1.29 is 61.8 Å². The molecule has 94 heavy (non-hydrogen) atoms. The number of carbonyl (C=O) groups excluding carboxylic acids is 9. The number of aryl methyl sites for hydroxylation is 1. The van der Waals surface area contributed by atoms with E-state index in [2.05, 4.69) is 62.8 Å². The number of benzene rings is 3. The van der Waals surface area contributed by atoms with Crippen LogP contribution >= 0.6 is 11.8 Å². The lowest BCUT2D eigenvalue weighted by atomic mass is 10.00. The number of carbonyl (C=O) groups is 9. The number of unbranched alkanes of at least 4 members (excludes halogenated alkanes) is 1. The van der Waals surface area contributed by atoms with Crippen LogP contribution in [0.1, 0.15) is 80.2 Å². The zero-order valence-corrected chi connectivity index (χ0v) is 53.0. The summed E-state index contributed by atoms with van der Waals surface area (Å²) in [6.45, 7) is 1.28. The fourth-order valence-corrected chi connectivity index (χ4v) is 14.0. The minimum Gasteiger partial charge on any atom is -0.377 e. The van der Waals surface area contributed by atoms with Gasteiger partial charge in [-0.15, -0.1) is 5.10 Å². The molecule has 27 nitrogen and oxygen atoms in total. The van der Waals surface area contributed by atoms with Crippen molar-refractivity contribution in [2.24, 2.45) is 5.73 Å². The number of aromatic nitrogens is 5. The van der Waals surface area contributed by atoms with E-state index in [0.29, 0.717) is 73.0 Å². The van der Waals surface area contributed by atoms with Gasteiger partial charge in [0, 0.05) is 103 Å². The molecule has 12 N–H and O–H groups in total. The molecule has 10 rings (SSSR count). The van der Waals surface area contributed by atoms with Gasteiger partial charge in [0.1, 0.15) is 48.7 Å². The van der Waals surface area contributed by atoms with Gasteiger partial charge in [-0.2, -0.15) is 11.8 Å². The summed E-state index contributed by atoms with van der Waals surface area (Å²) in [4.78, 5) is 133. The van der Waals surface area contributed by atoms with Crippen LogP contribution in [0.5, 0.6) is 0 Å². The first kappa shape index (κ1) is 67.9. The van der Waals surface area contributed by atoms with Crippen molar-refractivity contribution in [1.29, 1.82) is 0 Å². The van der Waals surface area contributed by atoms with Gasteiger partial charge >= 0.3 is 6.03 Å². The average Bonchev–Trinajstić information content (AvgIpc) is 1.67. The molecule has 4 aliphatic heterocycles. The van der Waals surface area contributed by atoms with Crippen LogP contribution in [0.2, 0.25) is 0 Å². The van der Waals surface area contributed by atoms with E-state index in [1.165, 1.54) is 29.2 Å². The van der Waals surface area contributed by atoms with Gasteiger partial charge in [0.2, 0.25) is 47.3 Å². The Morgan fingerprint density at radius 1 is 0.670 bits per heavy atom. The number of ether oxygens (including phenoxy) is 3. The van der Waals surface area contributed by atoms with Gasteiger partial charge in [0.05, 0.1) is 50.8 Å². The molecule has 6 aromatic rings. The molecule has 0 aliphatic carbocycles. The maximum Gasteiger partial charge on any atom is 0.315 e. The zero-order valence-electron chi connectivity index (χ0n) is 52.2. The van der Waals surface area contributed by atoms with Crippen molar-refractivity contribution in [2.75, 3.05) is 58.5 Å². The number of fused-ring (bicyclic) bond motifs is 6. The quantitative estimate of drug-likeness (QED) is 0.0303. The Hall–Kier alpha value is -8.93. The molecule has 0 radical (unpaired) electrons. The van der Waals surface area contributed by atoms with E-state index in [1.54, 1.807) is 23.3 Å². The van der Waals surface area contributed by atoms with Crippen molar-refractivity contribution in [3.63, 3.8) is 0 Å². The number of H-pyrrole nitrogens is 2. The molecule has 3 fully saturated rings. The first-order chi connectivity index (χ1) is 45.6. The molecule has 3 saturated heterocycles. The van der Waals surface area contributed by atoms with Crippen LogP contribution in [0.15, 0.2) is 91.4 Å². The average molecular weight is 1320 g/mol. The largest absolute Gasteiger partial charge is 0.377 e. The van der Waals surface area contributed by atoms with E-state index < -0.39 is 90.0 Å². The van der Waals surface area contributed by atoms with Gasteiger partial charge in [-0.3, -0.25) is 43.0 Å². The molecule has 502 valence electrons. The molecule has 9 atom stereocenters. The molecular formula is C65H82FN15O12S. The highest BCUT2D eigenvalue weighted by molar-refractivity contribution is 8.00. The van der Waals surface area contributed by atoms with Crippen LogP contribution in [0.25, 0.3) is 21.8 Å². The van der Waals surface area contributed by atoms with Crippen LogP contribution in [0, 0.1) is 5.82 Å². The van der Waals surface area contributed by atoms with Crippen molar-refractivity contribution in [2.45, 2.75) is 144 Å². The predicted molar refractivity (Wildman–Crippen MR) is 345 cm³/mol. The summed E-state index contributed by atoms with van der Waals surface area (Å²) < 4.78 is 32.6. The topological polar surface area (TPSA) is 369 Å². The van der Waals surface area contributed by atoms with Gasteiger partial charge in [0.15, 0.2) is 0 Å². The molecule has 0 spiro atoms. The number of nitrogens with zero attached hydrogens (tertiary/aromatic N) is 4. The fourth-order valence-electron chi connectivity index (χ4n) is 12.4. The Morgan fingerprint density at radius 2 is 1.31 bits per heavy atom. The number of thioether (sulfide) groups is 1. The summed E-state index contributed by atoms with van der Waals surface area (Å²) in [6, 6.07) is 12.7. The maximum atomic E-state index is 15.2. The number of nitrogens with one attached hydrogen (secondary N) is 10. The highest BCUT2D eigenvalue weighted by Gasteiger charge is 2.43. The van der Waals surface area contributed by atoms with Crippen LogP contribution < -0.4 is 48.3 Å². The SMILES string of the molecule is NC(=O)[C@@H]1CCCCn2cc(nn2)C[C@H](NC(=O)COCCOCCOCCNC(=O)CCCCC2SC[C@H]3NC(=O)N[C@@H]23)C(=O)N2CCC[C@@H]2C(=O)N[C@H](Cc2c[nH]c3ccccc23)C(=O)N[C@H](Cc2c[nH]c3ccccc23)C(=O)N[C@@H](Cc2ccc(F)cc2)C(=O)N1. The lowest BCUT2D eigenvalue weighted by Gasteiger charge is -2.30. The van der Waals surface area contributed by atoms with Crippen molar-refractivity contribution in [3.8, 4) is 0 Å². The van der Waals surface area contributed by atoms with Crippen LogP contribution in [0.4, 0.5) is 9.18 Å². The number of rotatable bonds is 24. The van der Waals surface area contributed by atoms with E-state index in [4.69, 9.17) is 19.9 Å². The summed E-state index contributed by atoms with van der Waals surface area (Å²) >= 11 is 1.86. The Balaban J connectivity index is 0.798. The summed E-state index contributed by atoms with van der Waals surface area (Å²) in [5.41, 5.74) is 9.52. The number of para-hydroxylation sites is 2. The zero-order chi connectivity index (χ0) is 65.9. The summed E-state index contributed by atoms with van der Waals surface area (Å²) in [5, 5.41) is 33.4. The fraction of sp³-hybridized carbons (Fsp3) is 0.492. The lowest BCUT2D eigenvalue weighted by molar-refractivity contribution is -0.142. The third-order valence-corrected chi connectivity index (χ3v) is 18.8. The van der Waals surface area contributed by atoms with E-state index >= 15 is 9.59 Å². The molecule has 3 aromatic heterocycles. The molecule has 29 heteroatoms. The second-order valence-electron chi connectivity index (χ2n) is 24.1. The maximum absolute atomic E-state index is 15.2. The molecule has 1 unspecified atom stereocenters. The van der Waals surface area contributed by atoms with Gasteiger partial charge in [-0.1, -0.05) is 60.2 Å². The Kier molecular flexibility index (Phi) is 24.0. The number of halogens is 1. The molecule has 3 aromatic carbocycles. The monoisotopic (exact) mass is 1320 g/mol. The molecule has 7 heterocycles. The van der Waals surface area contributed by atoms with Crippen molar-refractivity contribution in [1.82, 2.24) is 72.4 Å². The Morgan fingerprint density at radius 3 is 2.00 bits per heavy atom. The highest BCUT2D eigenvalue weighted by Crippen LogP contribution is 2.33. The van der Waals surface area contributed by atoms with E-state index in [9.17, 15) is 38.0 Å². The third-order valence-electron chi connectivity index (χ3n) is 17.3. The molecular weight excluding hydrogens is 1230 g/mol. The van der Waals surface area contributed by atoms with Crippen LogP contribution in [-0.2, 0) is 84.8 Å². The van der Waals surface area contributed by atoms with E-state index in [0.717, 1.165) is 46.8 Å². The first-order valence-electron chi connectivity index (χ1n) is 32.1. The molecule has 4 aliphatic rings. The van der Waals surface area contributed by atoms with Gasteiger partial charge in [0.25, 0.3) is 0 Å². The number of nitrogens with two attached hydrogens (primary N) is 1. The highest BCUT2D eigenvalue weighted by atomic mass is 32.2. The van der Waals surface area contributed by atoms with E-state index in [-0.39, 0.29) is 95.5 Å². The van der Waals surface area contributed by atoms with Crippen molar-refractivity contribution in [3.05, 3.63) is 120 Å². The second kappa shape index (κ2) is 33.3. The number of amides is 10. The summed E-state index contributed by atoms with van der Waals surface area (Å²) in [7, 11) is 0. The van der Waals surface area contributed by atoms with Crippen LogP contribution in [-0.4, -0.2) is 195 Å². The smallest absolute Gasteiger partial charge is 0.315 e. The Bertz CT molecular complexity index is 3620. The third kappa shape index (κ3) is 18.7. The lowest BCUT2D eigenvalue weighted by Crippen LogP contribution is -2.60. The minimum atomic E-state index is -1.39. The molecule has 0 saturated carbocycles. The van der Waals surface area contributed by atoms with E-state index in [1.807, 2.05) is 60.3 Å². The molecule has 10 amide bonds. The van der Waals surface area contributed by atoms with Gasteiger partial charge < -0.3 is 77.3 Å². The predicted octanol–water partition coefficient (Wildman–Crippen LogP) is 1.63. The minimum absolute atomic E-state index is 0.0311. The second-order valence-corrected chi connectivity index (χ2v) is 25.4. The number of hydrogen-bond acceptors (Lipinski definition) is 15. The van der Waals surface area contributed by atoms with Gasteiger partial charge in [-0.25, -0.2) is 9.18 Å². The molecule has 2 bridgehead atoms. The first-order valence-corrected chi connectivity index (χ1v) is 33.2. The number of hydrogen-bond donors (Lipinski definition) is 11. The van der Waals surface area contributed by atoms with Gasteiger partial charge in [-0.05, 0) is 85.9 Å². The standard InChI is InChI=1S/C65H82FN15O12S/c66-42-20-18-39(19-21-42)30-49-60(85)72-48(59(67)84)14-7-8-23-80-36-43(78-79-80)33-52(71-57(83)37-93-29-28-92-27-26-91-25-22-68-56(82)17-6-5-16-55-58-53(38-94-55)76-65(90)77-58)64(89)81-24-9-15-54(81)63(88)75-51(32-41-35-70-47-13-4-2-11-45(41)47)62(87)74-50(61(86)73-49)31-40-34-69-46-12-3-1-10-44(40)46/h1-4,10-13,18-21,34-36,48-55,58,69-70H,5-9,14-17,22-33,37-38H2,(H2,67,84)(H,68,82)(H,71,83)(H,72,85)(H,73,86)(H,74,87)(H,75,88)(H2,76,77,90)/t48-,49-,50+,51+,52-,53+,54+,55?,58+/m0/s1. The normalized spacial score (nSPS) is 23.3. The van der Waals surface area contributed by atoms with Crippen LogP contribution in [0.3, 0.4) is 0 Å². The number of primary amides is 1. The summed E-state index contributed by atoms with van der Waals surface area (Å²) in [6.07, 6.45) is 9.10. The number of aromatic amines is 2. The Labute approximate surface area is 546 Å². The summed E-state index contributed by atoms with van der Waals surface area (Å²) in [5.74, 6) is -4.70.